The van der Waals surface area contributed by atoms with Gasteiger partial charge in [-0.05, 0) is 19.8 Å². The molecule has 0 heterocycles. The molecule has 1 fully saturated rings. The largest absolute Gasteiger partial charge is 0.396 e. The second kappa shape index (κ2) is 4.94. The minimum absolute atomic E-state index is 0.0765. The minimum atomic E-state index is -0.423. The Labute approximate surface area is 91.0 Å². The van der Waals surface area contributed by atoms with Crippen LogP contribution in [0.25, 0.3) is 0 Å². The van der Waals surface area contributed by atoms with E-state index in [-0.39, 0.29) is 24.0 Å². The summed E-state index contributed by atoms with van der Waals surface area (Å²) in [6, 6.07) is 0.0765. The van der Waals surface area contributed by atoms with Crippen molar-refractivity contribution in [1.29, 1.82) is 0 Å². The van der Waals surface area contributed by atoms with Crippen LogP contribution in [0.3, 0.4) is 0 Å². The number of rotatable bonds is 4. The third-order valence-corrected chi connectivity index (χ3v) is 3.48. The molecular weight excluding hydrogens is 194 g/mol. The summed E-state index contributed by atoms with van der Waals surface area (Å²) in [5.41, 5.74) is -0.164. The summed E-state index contributed by atoms with van der Waals surface area (Å²) >= 11 is 0. The molecule has 0 aliphatic heterocycles. The summed E-state index contributed by atoms with van der Waals surface area (Å²) in [5, 5.41) is 12.3. The Morgan fingerprint density at radius 2 is 2.40 bits per heavy atom. The monoisotopic (exact) mass is 215 g/mol. The lowest BCUT2D eigenvalue weighted by Crippen LogP contribution is -2.48. The molecule has 88 valence electrons. The molecule has 1 rings (SSSR count). The number of nitrogens with one attached hydrogen (secondary N) is 1. The lowest BCUT2D eigenvalue weighted by atomic mass is 9.86. The van der Waals surface area contributed by atoms with E-state index >= 15 is 0 Å². The summed E-state index contributed by atoms with van der Waals surface area (Å²) in [6.45, 7) is 3.86. The van der Waals surface area contributed by atoms with Crippen LogP contribution in [0.4, 0.5) is 0 Å². The van der Waals surface area contributed by atoms with E-state index in [1.54, 1.807) is 6.92 Å². The highest BCUT2D eigenvalue weighted by Crippen LogP contribution is 2.37. The predicted molar refractivity (Wildman–Crippen MR) is 57.4 cm³/mol. The number of aliphatic hydroxyl groups excluding tert-OH is 1. The molecule has 0 saturated heterocycles. The van der Waals surface area contributed by atoms with Crippen LogP contribution < -0.4 is 5.32 Å². The minimum Gasteiger partial charge on any atom is -0.396 e. The van der Waals surface area contributed by atoms with Gasteiger partial charge in [0.2, 0.25) is 5.91 Å². The van der Waals surface area contributed by atoms with Crippen LogP contribution in [-0.2, 0) is 9.53 Å². The fourth-order valence-electron chi connectivity index (χ4n) is 2.06. The lowest BCUT2D eigenvalue weighted by Gasteiger charge is -2.30. The average Bonchev–Trinajstić information content (AvgIpc) is 2.60. The average molecular weight is 215 g/mol. The van der Waals surface area contributed by atoms with E-state index in [4.69, 9.17) is 4.74 Å². The van der Waals surface area contributed by atoms with Crippen molar-refractivity contribution in [2.45, 2.75) is 45.3 Å². The Morgan fingerprint density at radius 1 is 1.73 bits per heavy atom. The zero-order valence-corrected chi connectivity index (χ0v) is 9.75. The molecule has 0 aromatic rings. The third kappa shape index (κ3) is 2.69. The van der Waals surface area contributed by atoms with E-state index in [1.165, 1.54) is 7.11 Å². The van der Waals surface area contributed by atoms with Gasteiger partial charge in [-0.1, -0.05) is 13.3 Å². The molecule has 1 amide bonds. The Balaban J connectivity index is 2.54. The number of amides is 1. The molecule has 1 saturated carbocycles. The smallest absolute Gasteiger partial charge is 0.249 e. The Kier molecular flexibility index (Phi) is 4.11. The molecule has 2 N–H and O–H groups in total. The predicted octanol–water partition coefficient (Wildman–Crippen LogP) is 0.689. The number of hydrogen-bond acceptors (Lipinski definition) is 3. The van der Waals surface area contributed by atoms with Gasteiger partial charge in [-0.25, -0.2) is 0 Å². The topological polar surface area (TPSA) is 58.6 Å². The van der Waals surface area contributed by atoms with E-state index in [2.05, 4.69) is 5.32 Å². The van der Waals surface area contributed by atoms with E-state index in [9.17, 15) is 9.90 Å². The van der Waals surface area contributed by atoms with Gasteiger partial charge in [0, 0.05) is 18.6 Å². The van der Waals surface area contributed by atoms with Gasteiger partial charge in [-0.3, -0.25) is 4.79 Å². The van der Waals surface area contributed by atoms with Crippen LogP contribution in [-0.4, -0.2) is 36.9 Å². The maximum absolute atomic E-state index is 11.6. The standard InChI is InChI=1S/C11H21NO3/c1-8(15-3)10(14)12-9-5-4-6-11(9,2)7-13/h8-9,13H,4-7H2,1-3H3,(H,12,14). The summed E-state index contributed by atoms with van der Waals surface area (Å²) in [4.78, 5) is 11.6. The number of ether oxygens (including phenoxy) is 1. The Hall–Kier alpha value is -0.610. The van der Waals surface area contributed by atoms with Gasteiger partial charge in [0.25, 0.3) is 0 Å². The first-order valence-electron chi connectivity index (χ1n) is 5.47. The molecule has 1 aliphatic carbocycles. The molecule has 3 atom stereocenters. The van der Waals surface area contributed by atoms with Crippen LogP contribution in [0.2, 0.25) is 0 Å². The van der Waals surface area contributed by atoms with E-state index in [0.717, 1.165) is 19.3 Å². The Bertz CT molecular complexity index is 232. The van der Waals surface area contributed by atoms with Gasteiger partial charge in [-0.15, -0.1) is 0 Å². The third-order valence-electron chi connectivity index (χ3n) is 3.48. The molecule has 0 aromatic heterocycles. The fraction of sp³-hybridized carbons (Fsp3) is 0.909. The van der Waals surface area contributed by atoms with Crippen LogP contribution in [0.15, 0.2) is 0 Å². The maximum atomic E-state index is 11.6. The van der Waals surface area contributed by atoms with Crippen molar-refractivity contribution in [3.05, 3.63) is 0 Å². The van der Waals surface area contributed by atoms with Crippen molar-refractivity contribution in [3.63, 3.8) is 0 Å². The Morgan fingerprint density at radius 3 is 2.93 bits per heavy atom. The SMILES string of the molecule is COC(C)C(=O)NC1CCCC1(C)CO. The van der Waals surface area contributed by atoms with Crippen molar-refractivity contribution in [2.75, 3.05) is 13.7 Å². The zero-order valence-electron chi connectivity index (χ0n) is 9.75. The molecule has 0 spiro atoms. The number of carbonyl (C=O) groups excluding carboxylic acids is 1. The summed E-state index contributed by atoms with van der Waals surface area (Å²) < 4.78 is 4.95. The van der Waals surface area contributed by atoms with Gasteiger partial charge in [0.05, 0.1) is 6.61 Å². The summed E-state index contributed by atoms with van der Waals surface area (Å²) in [6.07, 6.45) is 2.55. The van der Waals surface area contributed by atoms with Gasteiger partial charge >= 0.3 is 0 Å². The molecular formula is C11H21NO3. The van der Waals surface area contributed by atoms with Gasteiger partial charge in [0.15, 0.2) is 0 Å². The molecule has 4 nitrogen and oxygen atoms in total. The highest BCUT2D eigenvalue weighted by atomic mass is 16.5. The van der Waals surface area contributed by atoms with Crippen LogP contribution in [0.5, 0.6) is 0 Å². The number of methoxy groups -OCH3 is 1. The highest BCUT2D eigenvalue weighted by molar-refractivity contribution is 5.80. The van der Waals surface area contributed by atoms with Crippen LogP contribution in [0, 0.1) is 5.41 Å². The van der Waals surface area contributed by atoms with Crippen molar-refractivity contribution < 1.29 is 14.6 Å². The lowest BCUT2D eigenvalue weighted by molar-refractivity contribution is -0.131. The zero-order chi connectivity index (χ0) is 11.5. The maximum Gasteiger partial charge on any atom is 0.249 e. The number of aliphatic hydroxyl groups is 1. The molecule has 15 heavy (non-hydrogen) atoms. The van der Waals surface area contributed by atoms with E-state index in [0.29, 0.717) is 0 Å². The van der Waals surface area contributed by atoms with Crippen LogP contribution >= 0.6 is 0 Å². The molecule has 0 aromatic carbocycles. The molecule has 0 radical (unpaired) electrons. The molecule has 3 unspecified atom stereocenters. The van der Waals surface area contributed by atoms with Crippen molar-refractivity contribution in [3.8, 4) is 0 Å². The molecule has 1 aliphatic rings. The molecule has 4 heteroatoms. The van der Waals surface area contributed by atoms with Crippen LogP contribution in [0.1, 0.15) is 33.1 Å². The number of hydrogen-bond donors (Lipinski definition) is 2. The summed E-state index contributed by atoms with van der Waals surface area (Å²) in [5.74, 6) is -0.0934. The first-order valence-corrected chi connectivity index (χ1v) is 5.47. The van der Waals surface area contributed by atoms with Gasteiger partial charge in [-0.2, -0.15) is 0 Å². The molecule has 0 bridgehead atoms. The first kappa shape index (κ1) is 12.5. The van der Waals surface area contributed by atoms with Crippen molar-refractivity contribution in [1.82, 2.24) is 5.32 Å². The number of carbonyl (C=O) groups is 1. The van der Waals surface area contributed by atoms with Crippen molar-refractivity contribution in [2.24, 2.45) is 5.41 Å². The van der Waals surface area contributed by atoms with E-state index in [1.807, 2.05) is 6.92 Å². The summed E-state index contributed by atoms with van der Waals surface area (Å²) in [7, 11) is 1.52. The van der Waals surface area contributed by atoms with Gasteiger partial charge in [0.1, 0.15) is 6.10 Å². The first-order chi connectivity index (χ1) is 7.03. The van der Waals surface area contributed by atoms with Gasteiger partial charge < -0.3 is 15.2 Å². The fourth-order valence-corrected chi connectivity index (χ4v) is 2.06. The normalized spacial score (nSPS) is 32.7. The second-order valence-electron chi connectivity index (χ2n) is 4.64. The second-order valence-corrected chi connectivity index (χ2v) is 4.64. The highest BCUT2D eigenvalue weighted by Gasteiger charge is 2.39. The quantitative estimate of drug-likeness (QED) is 0.725. The van der Waals surface area contributed by atoms with E-state index < -0.39 is 6.10 Å². The van der Waals surface area contributed by atoms with Crippen molar-refractivity contribution >= 4 is 5.91 Å².